The molecule has 0 aromatic heterocycles. The van der Waals surface area contributed by atoms with Crippen LogP contribution in [0.1, 0.15) is 46.0 Å². The average Bonchev–Trinajstić information content (AvgIpc) is 2.64. The van der Waals surface area contributed by atoms with Gasteiger partial charge in [0.25, 0.3) is 0 Å². The fourth-order valence-corrected chi connectivity index (χ4v) is 3.59. The molecule has 26 heavy (non-hydrogen) atoms. The van der Waals surface area contributed by atoms with E-state index >= 15 is 0 Å². The molecule has 0 spiro atoms. The van der Waals surface area contributed by atoms with E-state index in [9.17, 15) is 4.79 Å². The first-order chi connectivity index (χ1) is 12.4. The highest BCUT2D eigenvalue weighted by molar-refractivity contribution is 6.27. The Morgan fingerprint density at radius 3 is 1.81 bits per heavy atom. The fourth-order valence-electron chi connectivity index (χ4n) is 3.59. The molecule has 2 N–H and O–H groups in total. The number of hydrogen-bond donors (Lipinski definition) is 2. The van der Waals surface area contributed by atoms with Crippen molar-refractivity contribution >= 4 is 17.8 Å². The summed E-state index contributed by atoms with van der Waals surface area (Å²) in [6.45, 7) is 11.2. The van der Waals surface area contributed by atoms with Crippen LogP contribution >= 0.6 is 0 Å². The van der Waals surface area contributed by atoms with E-state index in [1.165, 1.54) is 45.2 Å². The smallest absolute Gasteiger partial charge is 0.414 e. The number of carboxylic acids is 2. The molecule has 8 heteroatoms. The average molecular weight is 371 g/mol. The van der Waals surface area contributed by atoms with Crippen molar-refractivity contribution in [3.05, 3.63) is 0 Å². The summed E-state index contributed by atoms with van der Waals surface area (Å²) >= 11 is 0. The standard InChI is InChI=1S/C16H31N3O.C2H2O4/c1-3-18(4-2)16(20)14-17-12-8-15(9-13-17)19-10-6-5-7-11-19;3-1(4)2(5)6/h15H,3-14H2,1-2H3;(H,3,4)(H,5,6). The van der Waals surface area contributed by atoms with E-state index in [1.54, 1.807) is 0 Å². The monoisotopic (exact) mass is 371 g/mol. The molecule has 2 aliphatic heterocycles. The summed E-state index contributed by atoms with van der Waals surface area (Å²) in [4.78, 5) is 37.3. The number of carbonyl (C=O) groups is 3. The number of likely N-dealkylation sites (tertiary alicyclic amines) is 2. The minimum absolute atomic E-state index is 0.298. The van der Waals surface area contributed by atoms with Crippen molar-refractivity contribution in [2.75, 3.05) is 45.8 Å². The summed E-state index contributed by atoms with van der Waals surface area (Å²) in [5, 5.41) is 14.8. The van der Waals surface area contributed by atoms with Gasteiger partial charge in [-0.15, -0.1) is 0 Å². The molecule has 150 valence electrons. The number of hydrogen-bond acceptors (Lipinski definition) is 5. The van der Waals surface area contributed by atoms with E-state index in [4.69, 9.17) is 19.8 Å². The van der Waals surface area contributed by atoms with Crippen LogP contribution in [-0.2, 0) is 14.4 Å². The molecule has 2 aliphatic rings. The van der Waals surface area contributed by atoms with Gasteiger partial charge >= 0.3 is 11.9 Å². The molecular formula is C18H33N3O5. The van der Waals surface area contributed by atoms with E-state index in [2.05, 4.69) is 23.6 Å². The number of nitrogens with zero attached hydrogens (tertiary/aromatic N) is 3. The van der Waals surface area contributed by atoms with Crippen molar-refractivity contribution in [3.63, 3.8) is 0 Å². The molecule has 2 fully saturated rings. The molecule has 0 atom stereocenters. The molecule has 2 heterocycles. The lowest BCUT2D eigenvalue weighted by atomic mass is 10.00. The lowest BCUT2D eigenvalue weighted by Crippen LogP contribution is -2.49. The molecule has 0 unspecified atom stereocenters. The highest BCUT2D eigenvalue weighted by atomic mass is 16.4. The van der Waals surface area contributed by atoms with Gasteiger partial charge in [-0.3, -0.25) is 9.69 Å². The summed E-state index contributed by atoms with van der Waals surface area (Å²) in [5.41, 5.74) is 0. The molecule has 0 radical (unpaired) electrons. The SMILES string of the molecule is CCN(CC)C(=O)CN1CCC(N2CCCCC2)CC1.O=C(O)C(=O)O. The Balaban J connectivity index is 0.000000487. The van der Waals surface area contributed by atoms with Gasteiger partial charge in [-0.25, -0.2) is 9.59 Å². The second kappa shape index (κ2) is 11.9. The number of carboxylic acid groups (broad SMARTS) is 2. The van der Waals surface area contributed by atoms with Crippen LogP contribution in [0.15, 0.2) is 0 Å². The van der Waals surface area contributed by atoms with Gasteiger partial charge < -0.3 is 20.0 Å². The van der Waals surface area contributed by atoms with Crippen LogP contribution in [0.4, 0.5) is 0 Å². The normalized spacial score (nSPS) is 19.3. The Morgan fingerprint density at radius 2 is 1.38 bits per heavy atom. The van der Waals surface area contributed by atoms with E-state index in [0.29, 0.717) is 12.5 Å². The number of piperidine rings is 2. The van der Waals surface area contributed by atoms with Crippen molar-refractivity contribution in [3.8, 4) is 0 Å². The number of amides is 1. The number of carbonyl (C=O) groups excluding carboxylic acids is 1. The summed E-state index contributed by atoms with van der Waals surface area (Å²) in [7, 11) is 0. The minimum atomic E-state index is -1.82. The number of rotatable bonds is 5. The summed E-state index contributed by atoms with van der Waals surface area (Å²) in [6.07, 6.45) is 6.64. The Labute approximate surface area is 155 Å². The number of aliphatic carboxylic acids is 2. The summed E-state index contributed by atoms with van der Waals surface area (Å²) in [5.74, 6) is -3.35. The summed E-state index contributed by atoms with van der Waals surface area (Å²) in [6, 6.07) is 0.773. The van der Waals surface area contributed by atoms with Gasteiger partial charge in [0.1, 0.15) is 0 Å². The van der Waals surface area contributed by atoms with E-state index in [1.807, 2.05) is 4.90 Å². The van der Waals surface area contributed by atoms with Crippen LogP contribution in [0.5, 0.6) is 0 Å². The van der Waals surface area contributed by atoms with Crippen molar-refractivity contribution in [2.24, 2.45) is 0 Å². The third kappa shape index (κ3) is 7.70. The molecule has 1 amide bonds. The van der Waals surface area contributed by atoms with Crippen molar-refractivity contribution in [1.82, 2.24) is 14.7 Å². The second-order valence-corrected chi connectivity index (χ2v) is 6.78. The molecule has 0 bridgehead atoms. The zero-order valence-electron chi connectivity index (χ0n) is 16.0. The highest BCUT2D eigenvalue weighted by Crippen LogP contribution is 2.20. The lowest BCUT2D eigenvalue weighted by molar-refractivity contribution is -0.159. The van der Waals surface area contributed by atoms with Gasteiger partial charge in [0, 0.05) is 32.2 Å². The number of likely N-dealkylation sites (N-methyl/N-ethyl adjacent to an activating group) is 1. The maximum absolute atomic E-state index is 12.1. The molecule has 8 nitrogen and oxygen atoms in total. The fraction of sp³-hybridized carbons (Fsp3) is 0.833. The van der Waals surface area contributed by atoms with Gasteiger partial charge in [-0.1, -0.05) is 6.42 Å². The predicted octanol–water partition coefficient (Wildman–Crippen LogP) is 0.961. The van der Waals surface area contributed by atoms with Gasteiger partial charge in [0.15, 0.2) is 0 Å². The van der Waals surface area contributed by atoms with Crippen molar-refractivity contribution in [1.29, 1.82) is 0 Å². The highest BCUT2D eigenvalue weighted by Gasteiger charge is 2.26. The topological polar surface area (TPSA) is 101 Å². The van der Waals surface area contributed by atoms with Gasteiger partial charge in [-0.2, -0.15) is 0 Å². The molecular weight excluding hydrogens is 338 g/mol. The van der Waals surface area contributed by atoms with Crippen LogP contribution in [0.3, 0.4) is 0 Å². The van der Waals surface area contributed by atoms with E-state index in [0.717, 1.165) is 32.2 Å². The van der Waals surface area contributed by atoms with Crippen molar-refractivity contribution < 1.29 is 24.6 Å². The Bertz CT molecular complexity index is 442. The third-order valence-corrected chi connectivity index (χ3v) is 5.12. The van der Waals surface area contributed by atoms with Crippen molar-refractivity contribution in [2.45, 2.75) is 52.0 Å². The molecule has 2 saturated heterocycles. The van der Waals surface area contributed by atoms with Crippen LogP contribution in [0, 0.1) is 0 Å². The van der Waals surface area contributed by atoms with Gasteiger partial charge in [0.05, 0.1) is 6.54 Å². The maximum atomic E-state index is 12.1. The van der Waals surface area contributed by atoms with Crippen LogP contribution in [-0.4, -0.2) is 94.6 Å². The van der Waals surface area contributed by atoms with Gasteiger partial charge in [-0.05, 0) is 52.6 Å². The van der Waals surface area contributed by atoms with E-state index in [-0.39, 0.29) is 0 Å². The quantitative estimate of drug-likeness (QED) is 0.694. The summed E-state index contributed by atoms with van der Waals surface area (Å²) < 4.78 is 0. The van der Waals surface area contributed by atoms with Crippen LogP contribution in [0.25, 0.3) is 0 Å². The maximum Gasteiger partial charge on any atom is 0.414 e. The minimum Gasteiger partial charge on any atom is -0.473 e. The Morgan fingerprint density at radius 1 is 0.885 bits per heavy atom. The molecule has 0 aromatic rings. The first-order valence-corrected chi connectivity index (χ1v) is 9.59. The lowest BCUT2D eigenvalue weighted by Gasteiger charge is -2.40. The van der Waals surface area contributed by atoms with E-state index < -0.39 is 11.9 Å². The molecule has 0 aromatic carbocycles. The Kier molecular flexibility index (Phi) is 10.2. The van der Waals surface area contributed by atoms with Crippen LogP contribution < -0.4 is 0 Å². The zero-order valence-corrected chi connectivity index (χ0v) is 16.0. The largest absolute Gasteiger partial charge is 0.473 e. The van der Waals surface area contributed by atoms with Crippen LogP contribution in [0.2, 0.25) is 0 Å². The zero-order chi connectivity index (χ0) is 19.5. The second-order valence-electron chi connectivity index (χ2n) is 6.78. The third-order valence-electron chi connectivity index (χ3n) is 5.12. The first-order valence-electron chi connectivity index (χ1n) is 9.59. The predicted molar refractivity (Wildman–Crippen MR) is 98.1 cm³/mol. The molecule has 0 saturated carbocycles. The Hall–Kier alpha value is -1.67. The molecule has 2 rings (SSSR count). The molecule has 0 aliphatic carbocycles. The first kappa shape index (κ1) is 22.4. The van der Waals surface area contributed by atoms with Gasteiger partial charge in [0.2, 0.25) is 5.91 Å².